The highest BCUT2D eigenvalue weighted by Gasteiger charge is 2.24. The third-order valence-corrected chi connectivity index (χ3v) is 4.29. The first-order valence-electron chi connectivity index (χ1n) is 7.08. The highest BCUT2D eigenvalue weighted by molar-refractivity contribution is 9.10. The fourth-order valence-electron chi connectivity index (χ4n) is 2.37. The molecule has 0 aliphatic carbocycles. The van der Waals surface area contributed by atoms with E-state index in [4.69, 9.17) is 15.2 Å². The average Bonchev–Trinajstić information content (AvgIpc) is 2.95. The number of nitrogens with two attached hydrogens (primary N) is 1. The minimum atomic E-state index is -0.126. The van der Waals surface area contributed by atoms with Crippen molar-refractivity contribution in [1.29, 1.82) is 0 Å². The summed E-state index contributed by atoms with van der Waals surface area (Å²) < 4.78 is 11.9. The predicted octanol–water partition coefficient (Wildman–Crippen LogP) is 3.99. The van der Waals surface area contributed by atoms with Gasteiger partial charge in [0, 0.05) is 16.6 Å². The number of esters is 1. The third-order valence-electron chi connectivity index (χ3n) is 3.61. The van der Waals surface area contributed by atoms with Gasteiger partial charge in [-0.1, -0.05) is 18.2 Å². The van der Waals surface area contributed by atoms with Gasteiger partial charge in [-0.25, -0.2) is 0 Å². The fraction of sp³-hybridized carbons (Fsp3) is 0.235. The van der Waals surface area contributed by atoms with Crippen LogP contribution in [0, 0.1) is 0 Å². The van der Waals surface area contributed by atoms with E-state index in [0.717, 1.165) is 27.8 Å². The lowest BCUT2D eigenvalue weighted by Gasteiger charge is -2.11. The van der Waals surface area contributed by atoms with Crippen LogP contribution in [0.3, 0.4) is 0 Å². The van der Waals surface area contributed by atoms with Crippen LogP contribution < -0.4 is 10.5 Å². The second-order valence-electron chi connectivity index (χ2n) is 5.23. The molecular weight excluding hydrogens is 346 g/mol. The zero-order valence-electron chi connectivity index (χ0n) is 11.9. The summed E-state index contributed by atoms with van der Waals surface area (Å²) in [6, 6.07) is 13.4. The van der Waals surface area contributed by atoms with Crippen LogP contribution in [-0.4, -0.2) is 5.97 Å². The first-order valence-corrected chi connectivity index (χ1v) is 7.87. The van der Waals surface area contributed by atoms with Crippen LogP contribution in [0.25, 0.3) is 0 Å². The van der Waals surface area contributed by atoms with E-state index in [1.165, 1.54) is 0 Å². The molecule has 0 bridgehead atoms. The van der Waals surface area contributed by atoms with Gasteiger partial charge in [0.15, 0.2) is 0 Å². The summed E-state index contributed by atoms with van der Waals surface area (Å²) in [6.45, 7) is 0.469. The molecule has 1 fully saturated rings. The Morgan fingerprint density at radius 1 is 1.23 bits per heavy atom. The number of halogens is 1. The molecule has 1 heterocycles. The lowest BCUT2D eigenvalue weighted by Crippen LogP contribution is -1.99. The normalized spacial score (nSPS) is 17.3. The number of carbonyl (C=O) groups is 1. The van der Waals surface area contributed by atoms with E-state index < -0.39 is 0 Å². The van der Waals surface area contributed by atoms with Crippen molar-refractivity contribution in [2.24, 2.45) is 0 Å². The van der Waals surface area contributed by atoms with Gasteiger partial charge in [0.25, 0.3) is 0 Å². The van der Waals surface area contributed by atoms with Crippen LogP contribution in [-0.2, 0) is 16.1 Å². The first-order chi connectivity index (χ1) is 10.6. The van der Waals surface area contributed by atoms with Gasteiger partial charge in [-0.15, -0.1) is 0 Å². The second kappa shape index (κ2) is 6.40. The Morgan fingerprint density at radius 3 is 2.64 bits per heavy atom. The van der Waals surface area contributed by atoms with Crippen molar-refractivity contribution in [2.75, 3.05) is 5.73 Å². The quantitative estimate of drug-likeness (QED) is 0.660. The van der Waals surface area contributed by atoms with Gasteiger partial charge in [-0.3, -0.25) is 4.79 Å². The minimum Gasteiger partial charge on any atom is -0.489 e. The third kappa shape index (κ3) is 3.42. The van der Waals surface area contributed by atoms with Crippen molar-refractivity contribution in [1.82, 2.24) is 0 Å². The van der Waals surface area contributed by atoms with Crippen LogP contribution in [0.15, 0.2) is 46.9 Å². The molecule has 1 aliphatic rings. The Bertz CT molecular complexity index is 685. The highest BCUT2D eigenvalue weighted by atomic mass is 79.9. The van der Waals surface area contributed by atoms with Crippen molar-refractivity contribution >= 4 is 27.6 Å². The number of benzene rings is 2. The molecule has 1 unspecified atom stereocenters. The van der Waals surface area contributed by atoms with E-state index in [2.05, 4.69) is 15.9 Å². The van der Waals surface area contributed by atoms with Crippen molar-refractivity contribution in [3.8, 4) is 5.75 Å². The Labute approximate surface area is 137 Å². The van der Waals surface area contributed by atoms with Crippen LogP contribution >= 0.6 is 15.9 Å². The Balaban J connectivity index is 1.61. The molecule has 0 saturated carbocycles. The topological polar surface area (TPSA) is 61.5 Å². The molecule has 0 radical (unpaired) electrons. The molecule has 5 heteroatoms. The molecule has 1 aliphatic heterocycles. The summed E-state index contributed by atoms with van der Waals surface area (Å²) in [6.07, 6.45) is 1.13. The molecule has 0 amide bonds. The van der Waals surface area contributed by atoms with E-state index in [1.54, 1.807) is 0 Å². The lowest BCUT2D eigenvalue weighted by molar-refractivity contribution is -0.141. The predicted molar refractivity (Wildman–Crippen MR) is 87.4 cm³/mol. The van der Waals surface area contributed by atoms with E-state index in [1.807, 2.05) is 42.5 Å². The van der Waals surface area contributed by atoms with Gasteiger partial charge < -0.3 is 15.2 Å². The number of nitrogen functional groups attached to an aromatic ring is 1. The number of anilines is 1. The number of cyclic esters (lactones) is 1. The van der Waals surface area contributed by atoms with Crippen molar-refractivity contribution in [2.45, 2.75) is 25.6 Å². The van der Waals surface area contributed by atoms with Gasteiger partial charge >= 0.3 is 5.97 Å². The maximum Gasteiger partial charge on any atom is 0.306 e. The Hall–Kier alpha value is -2.01. The zero-order chi connectivity index (χ0) is 15.5. The number of ether oxygens (including phenoxy) is 2. The molecule has 1 atom stereocenters. The summed E-state index contributed by atoms with van der Waals surface area (Å²) in [5.41, 5.74) is 8.51. The molecule has 3 rings (SSSR count). The summed E-state index contributed by atoms with van der Waals surface area (Å²) in [7, 11) is 0. The molecule has 1 saturated heterocycles. The monoisotopic (exact) mass is 361 g/mol. The highest BCUT2D eigenvalue weighted by Crippen LogP contribution is 2.30. The average molecular weight is 362 g/mol. The van der Waals surface area contributed by atoms with Crippen LogP contribution in [0.4, 0.5) is 5.69 Å². The zero-order valence-corrected chi connectivity index (χ0v) is 13.5. The smallest absolute Gasteiger partial charge is 0.306 e. The number of carbonyl (C=O) groups excluding carboxylic acids is 1. The lowest BCUT2D eigenvalue weighted by atomic mass is 10.1. The maximum absolute atomic E-state index is 11.1. The summed E-state index contributed by atoms with van der Waals surface area (Å²) >= 11 is 3.40. The fourth-order valence-corrected chi connectivity index (χ4v) is 2.79. The van der Waals surface area contributed by atoms with Crippen molar-refractivity contribution in [3.05, 3.63) is 58.1 Å². The SMILES string of the molecule is Nc1ccc(COc2ccc(C3CCC(=O)O3)cc2)cc1Br. The van der Waals surface area contributed by atoms with Crippen LogP contribution in [0.1, 0.15) is 30.1 Å². The molecule has 4 nitrogen and oxygen atoms in total. The number of hydrogen-bond acceptors (Lipinski definition) is 4. The van der Waals surface area contributed by atoms with Crippen LogP contribution in [0.2, 0.25) is 0 Å². The van der Waals surface area contributed by atoms with Gasteiger partial charge in [0.05, 0.1) is 0 Å². The molecule has 114 valence electrons. The van der Waals surface area contributed by atoms with Crippen molar-refractivity contribution < 1.29 is 14.3 Å². The first kappa shape index (κ1) is 14.9. The van der Waals surface area contributed by atoms with Gasteiger partial charge in [-0.05, 0) is 57.7 Å². The van der Waals surface area contributed by atoms with E-state index in [0.29, 0.717) is 18.7 Å². The van der Waals surface area contributed by atoms with E-state index in [-0.39, 0.29) is 12.1 Å². The van der Waals surface area contributed by atoms with Crippen LogP contribution in [0.5, 0.6) is 5.75 Å². The largest absolute Gasteiger partial charge is 0.489 e. The molecule has 0 aromatic heterocycles. The number of rotatable bonds is 4. The van der Waals surface area contributed by atoms with E-state index >= 15 is 0 Å². The van der Waals surface area contributed by atoms with Crippen molar-refractivity contribution in [3.63, 3.8) is 0 Å². The molecule has 2 aromatic rings. The van der Waals surface area contributed by atoms with Gasteiger partial charge in [0.2, 0.25) is 0 Å². The summed E-state index contributed by atoms with van der Waals surface area (Å²) in [5.74, 6) is 0.653. The standard InChI is InChI=1S/C17H16BrNO3/c18-14-9-11(1-6-15(14)19)10-21-13-4-2-12(3-5-13)16-7-8-17(20)22-16/h1-6,9,16H,7-8,10,19H2. The number of hydrogen-bond donors (Lipinski definition) is 1. The van der Waals surface area contributed by atoms with E-state index in [9.17, 15) is 4.79 Å². The van der Waals surface area contributed by atoms with Gasteiger partial charge in [0.1, 0.15) is 18.5 Å². The maximum atomic E-state index is 11.1. The molecule has 22 heavy (non-hydrogen) atoms. The summed E-state index contributed by atoms with van der Waals surface area (Å²) in [4.78, 5) is 11.1. The Kier molecular flexibility index (Phi) is 4.34. The molecule has 0 spiro atoms. The minimum absolute atomic E-state index is 0.116. The molecular formula is C17H16BrNO3. The second-order valence-corrected chi connectivity index (χ2v) is 6.09. The molecule has 2 aromatic carbocycles. The van der Waals surface area contributed by atoms with Gasteiger partial charge in [-0.2, -0.15) is 0 Å². The Morgan fingerprint density at radius 2 is 2.00 bits per heavy atom. The molecule has 2 N–H and O–H groups in total. The summed E-state index contributed by atoms with van der Waals surface area (Å²) in [5, 5.41) is 0.